The lowest BCUT2D eigenvalue weighted by Gasteiger charge is -2.09. The Kier molecular flexibility index (Phi) is 3.35. The Balaban J connectivity index is 2.25. The van der Waals surface area contributed by atoms with E-state index in [2.05, 4.69) is 21.9 Å². The summed E-state index contributed by atoms with van der Waals surface area (Å²) in [5.41, 5.74) is 2.73. The van der Waals surface area contributed by atoms with Crippen molar-refractivity contribution in [1.82, 2.24) is 0 Å². The number of ether oxygens (including phenoxy) is 1. The van der Waals surface area contributed by atoms with Crippen LogP contribution in [-0.4, -0.2) is 7.04 Å². The van der Waals surface area contributed by atoms with E-state index in [1.165, 1.54) is 6.07 Å². The van der Waals surface area contributed by atoms with E-state index in [0.29, 0.717) is 15.9 Å². The molecule has 0 aliphatic heterocycles. The molecular formula is C16H12BrClO. The first-order valence-electron chi connectivity index (χ1n) is 7.01. The first-order chi connectivity index (χ1) is 10.3. The van der Waals surface area contributed by atoms with Gasteiger partial charge >= 0.3 is 0 Å². The van der Waals surface area contributed by atoms with Crippen LogP contribution in [-0.2, 0) is 6.42 Å². The maximum Gasteiger partial charge on any atom is 0.134 e. The zero-order valence-corrected chi connectivity index (χ0v) is 12.3. The van der Waals surface area contributed by atoms with Crippen molar-refractivity contribution in [2.45, 2.75) is 6.42 Å². The molecule has 3 heteroatoms. The van der Waals surface area contributed by atoms with Gasteiger partial charge in [0, 0.05) is 16.7 Å². The summed E-state index contributed by atoms with van der Waals surface area (Å²) in [5, 5.41) is 0.448. The Morgan fingerprint density at radius 1 is 1.37 bits per heavy atom. The van der Waals surface area contributed by atoms with E-state index in [1.54, 1.807) is 6.07 Å². The van der Waals surface area contributed by atoms with Gasteiger partial charge in [-0.1, -0.05) is 29.7 Å². The number of hydrogen-bond donors (Lipinski definition) is 0. The fourth-order valence-electron chi connectivity index (χ4n) is 1.72. The molecule has 19 heavy (non-hydrogen) atoms. The van der Waals surface area contributed by atoms with Gasteiger partial charge in [-0.3, -0.25) is 0 Å². The summed E-state index contributed by atoms with van der Waals surface area (Å²) in [4.78, 5) is 0. The van der Waals surface area contributed by atoms with Gasteiger partial charge < -0.3 is 4.74 Å². The third-order valence-electron chi connectivity index (χ3n) is 2.73. The van der Waals surface area contributed by atoms with E-state index in [9.17, 15) is 0 Å². The second kappa shape index (κ2) is 6.14. The largest absolute Gasteiger partial charge is 0.496 e. The standard InChI is InChI=1S/C16H12BrClO/c1-3-11-4-6-12(7-5-11)8-13-9-14(17)16(19-2)10-15(13)18/h1,4-7,9-10H,8H2,2H3/i2D3. The number of terminal acetylenes is 1. The van der Waals surface area contributed by atoms with Gasteiger partial charge in [0.1, 0.15) is 5.75 Å². The average Bonchev–Trinajstić information content (AvgIpc) is 2.43. The van der Waals surface area contributed by atoms with Crippen molar-refractivity contribution < 1.29 is 8.85 Å². The highest BCUT2D eigenvalue weighted by atomic mass is 79.9. The molecule has 0 aliphatic rings. The number of methoxy groups -OCH3 is 1. The molecule has 0 saturated heterocycles. The maximum absolute atomic E-state index is 7.14. The first kappa shape index (κ1) is 10.4. The molecule has 0 aliphatic carbocycles. The molecule has 2 rings (SSSR count). The van der Waals surface area contributed by atoms with Crippen molar-refractivity contribution in [3.8, 4) is 18.1 Å². The predicted octanol–water partition coefficient (Wildman–Crippen LogP) is 4.68. The van der Waals surface area contributed by atoms with Gasteiger partial charge in [0.15, 0.2) is 0 Å². The maximum atomic E-state index is 7.14. The SMILES string of the molecule is [2H]C([2H])([2H])Oc1cc(Cl)c(Cc2ccc(C#C)cc2)cc1Br. The van der Waals surface area contributed by atoms with Crippen LogP contribution in [0.25, 0.3) is 0 Å². The molecule has 0 amide bonds. The van der Waals surface area contributed by atoms with Crippen molar-refractivity contribution in [2.75, 3.05) is 7.04 Å². The normalized spacial score (nSPS) is 13.0. The number of rotatable bonds is 3. The van der Waals surface area contributed by atoms with Crippen molar-refractivity contribution in [1.29, 1.82) is 0 Å². The zero-order chi connectivity index (χ0) is 16.3. The van der Waals surface area contributed by atoms with Crippen LogP contribution in [0.1, 0.15) is 20.8 Å². The molecule has 1 nitrogen and oxygen atoms in total. The minimum atomic E-state index is -2.52. The third kappa shape index (κ3) is 3.32. The lowest BCUT2D eigenvalue weighted by Crippen LogP contribution is -1.92. The van der Waals surface area contributed by atoms with Crippen LogP contribution in [0.15, 0.2) is 40.9 Å². The molecule has 0 heterocycles. The van der Waals surface area contributed by atoms with Gasteiger partial charge in [-0.2, -0.15) is 0 Å². The quantitative estimate of drug-likeness (QED) is 0.738. The molecular weight excluding hydrogens is 324 g/mol. The van der Waals surface area contributed by atoms with E-state index < -0.39 is 7.04 Å². The summed E-state index contributed by atoms with van der Waals surface area (Å²) >= 11 is 9.53. The second-order valence-corrected chi connectivity index (χ2v) is 5.26. The molecule has 2 aromatic carbocycles. The Bertz CT molecular complexity index is 718. The third-order valence-corrected chi connectivity index (χ3v) is 3.70. The molecule has 2 aromatic rings. The second-order valence-electron chi connectivity index (χ2n) is 3.99. The molecule has 0 N–H and O–H groups in total. The fourth-order valence-corrected chi connectivity index (χ4v) is 2.41. The minimum Gasteiger partial charge on any atom is -0.496 e. The van der Waals surface area contributed by atoms with Gasteiger partial charge in [-0.25, -0.2) is 0 Å². The monoisotopic (exact) mass is 337 g/mol. The van der Waals surface area contributed by atoms with Crippen LogP contribution in [0.2, 0.25) is 5.02 Å². The van der Waals surface area contributed by atoms with E-state index >= 15 is 0 Å². The van der Waals surface area contributed by atoms with Crippen LogP contribution in [0.5, 0.6) is 5.75 Å². The van der Waals surface area contributed by atoms with Crippen LogP contribution >= 0.6 is 27.5 Å². The summed E-state index contributed by atoms with van der Waals surface area (Å²) in [6.45, 7) is 0. The average molecular weight is 339 g/mol. The molecule has 0 spiro atoms. The van der Waals surface area contributed by atoms with Gasteiger partial charge in [0.2, 0.25) is 0 Å². The predicted molar refractivity (Wildman–Crippen MR) is 82.9 cm³/mol. The fraction of sp³-hybridized carbons (Fsp3) is 0.125. The summed E-state index contributed by atoms with van der Waals surface area (Å²) in [7, 11) is -2.52. The van der Waals surface area contributed by atoms with Crippen LogP contribution in [0.4, 0.5) is 0 Å². The summed E-state index contributed by atoms with van der Waals surface area (Å²) in [6.07, 6.45) is 5.93. The van der Waals surface area contributed by atoms with Crippen LogP contribution < -0.4 is 4.74 Å². The first-order valence-corrected chi connectivity index (χ1v) is 6.68. The summed E-state index contributed by atoms with van der Waals surface area (Å²) < 4.78 is 26.9. The molecule has 0 saturated carbocycles. The lowest BCUT2D eigenvalue weighted by molar-refractivity contribution is 0.412. The summed E-state index contributed by atoms with van der Waals surface area (Å²) in [5.74, 6) is 2.76. The van der Waals surface area contributed by atoms with Crippen molar-refractivity contribution >= 4 is 27.5 Å². The van der Waals surface area contributed by atoms with Crippen molar-refractivity contribution in [3.05, 3.63) is 62.6 Å². The molecule has 0 bridgehead atoms. The molecule has 96 valence electrons. The van der Waals surface area contributed by atoms with Crippen LogP contribution in [0.3, 0.4) is 0 Å². The Morgan fingerprint density at radius 3 is 2.74 bits per heavy atom. The van der Waals surface area contributed by atoms with Crippen molar-refractivity contribution in [2.24, 2.45) is 0 Å². The van der Waals surface area contributed by atoms with Crippen LogP contribution in [0, 0.1) is 12.3 Å². The molecule has 0 radical (unpaired) electrons. The van der Waals surface area contributed by atoms with Gasteiger partial charge in [-0.05, 0) is 51.7 Å². The van der Waals surface area contributed by atoms with Crippen molar-refractivity contribution in [3.63, 3.8) is 0 Å². The van der Waals surface area contributed by atoms with Gasteiger partial charge in [0.25, 0.3) is 0 Å². The number of benzene rings is 2. The Morgan fingerprint density at radius 2 is 2.11 bits per heavy atom. The van der Waals surface area contributed by atoms with Gasteiger partial charge in [0.05, 0.1) is 15.6 Å². The minimum absolute atomic E-state index is 0.191. The molecule has 0 unspecified atom stereocenters. The zero-order valence-electron chi connectivity index (χ0n) is 12.9. The highest BCUT2D eigenvalue weighted by Crippen LogP contribution is 2.32. The van der Waals surface area contributed by atoms with E-state index in [-0.39, 0.29) is 5.75 Å². The molecule has 0 fully saturated rings. The molecule has 0 atom stereocenters. The van der Waals surface area contributed by atoms with E-state index in [4.69, 9.17) is 26.9 Å². The van der Waals surface area contributed by atoms with E-state index in [0.717, 1.165) is 16.7 Å². The lowest BCUT2D eigenvalue weighted by atomic mass is 10.0. The Hall–Kier alpha value is -1.43. The number of halogens is 2. The van der Waals surface area contributed by atoms with Gasteiger partial charge in [-0.15, -0.1) is 6.42 Å². The molecule has 0 aromatic heterocycles. The smallest absolute Gasteiger partial charge is 0.134 e. The number of hydrogen-bond acceptors (Lipinski definition) is 1. The highest BCUT2D eigenvalue weighted by molar-refractivity contribution is 9.10. The topological polar surface area (TPSA) is 9.23 Å². The van der Waals surface area contributed by atoms with E-state index in [1.807, 2.05) is 24.3 Å². The Labute approximate surface area is 130 Å². The summed E-state index contributed by atoms with van der Waals surface area (Å²) in [6, 6.07) is 10.9. The highest BCUT2D eigenvalue weighted by Gasteiger charge is 2.08.